The number of aryl methyl sites for hydroxylation is 1. The van der Waals surface area contributed by atoms with Crippen LogP contribution >= 0.6 is 11.6 Å². The number of halogens is 1. The molecule has 0 fully saturated rings. The van der Waals surface area contributed by atoms with Gasteiger partial charge in [-0.2, -0.15) is 4.98 Å². The molecule has 1 aromatic heterocycles. The van der Waals surface area contributed by atoms with Crippen molar-refractivity contribution in [3.8, 4) is 17.1 Å². The number of nitrogens with zero attached hydrogens (tertiary/aromatic N) is 3. The predicted molar refractivity (Wildman–Crippen MR) is 112 cm³/mol. The summed E-state index contributed by atoms with van der Waals surface area (Å²) in [6.07, 6.45) is 0.925. The third-order valence-corrected chi connectivity index (χ3v) is 4.46. The molecule has 3 aromatic rings. The molecule has 7 heteroatoms. The van der Waals surface area contributed by atoms with Crippen LogP contribution in [0.5, 0.6) is 5.75 Å². The quantitative estimate of drug-likeness (QED) is 0.503. The zero-order valence-electron chi connectivity index (χ0n) is 16.3. The Morgan fingerprint density at radius 3 is 2.76 bits per heavy atom. The van der Waals surface area contributed by atoms with E-state index < -0.39 is 6.10 Å². The maximum Gasteiger partial charge on any atom is 0.264 e. The highest BCUT2D eigenvalue weighted by molar-refractivity contribution is 6.30. The summed E-state index contributed by atoms with van der Waals surface area (Å²) in [6, 6.07) is 14.7. The molecule has 150 valence electrons. The van der Waals surface area contributed by atoms with E-state index in [1.807, 2.05) is 31.2 Å². The van der Waals surface area contributed by atoms with E-state index in [0.29, 0.717) is 29.0 Å². The molecule has 0 radical (unpaired) electrons. The predicted octanol–water partition coefficient (Wildman–Crippen LogP) is 4.68. The average Bonchev–Trinajstić information content (AvgIpc) is 3.16. The van der Waals surface area contributed by atoms with Gasteiger partial charge in [0.1, 0.15) is 12.3 Å². The van der Waals surface area contributed by atoms with Crippen molar-refractivity contribution in [2.45, 2.75) is 26.5 Å². The molecule has 0 bridgehead atoms. The van der Waals surface area contributed by atoms with Gasteiger partial charge in [-0.25, -0.2) is 0 Å². The Balaban J connectivity index is 1.70. The number of carbonyl (C=O) groups excluding carboxylic acids is 1. The van der Waals surface area contributed by atoms with E-state index in [9.17, 15) is 4.79 Å². The molecular weight excluding hydrogens is 390 g/mol. The molecule has 2 aromatic carbocycles. The van der Waals surface area contributed by atoms with E-state index in [1.165, 1.54) is 0 Å². The van der Waals surface area contributed by atoms with Gasteiger partial charge in [0, 0.05) is 17.1 Å². The molecule has 1 heterocycles. The Morgan fingerprint density at radius 1 is 1.31 bits per heavy atom. The maximum absolute atomic E-state index is 12.9. The summed E-state index contributed by atoms with van der Waals surface area (Å²) < 4.78 is 11.1. The highest BCUT2D eigenvalue weighted by atomic mass is 35.5. The summed E-state index contributed by atoms with van der Waals surface area (Å²) in [7, 11) is 0. The van der Waals surface area contributed by atoms with Gasteiger partial charge in [-0.3, -0.25) is 4.79 Å². The third-order valence-electron chi connectivity index (χ3n) is 4.22. The molecule has 0 unspecified atom stereocenters. The minimum atomic E-state index is -0.715. The van der Waals surface area contributed by atoms with Crippen molar-refractivity contribution in [1.82, 2.24) is 15.0 Å². The fourth-order valence-electron chi connectivity index (χ4n) is 2.74. The lowest BCUT2D eigenvalue weighted by molar-refractivity contribution is -0.138. The van der Waals surface area contributed by atoms with Crippen LogP contribution in [0, 0.1) is 6.92 Å². The molecule has 29 heavy (non-hydrogen) atoms. The van der Waals surface area contributed by atoms with Crippen LogP contribution < -0.4 is 4.74 Å². The van der Waals surface area contributed by atoms with Gasteiger partial charge < -0.3 is 14.2 Å². The van der Waals surface area contributed by atoms with Gasteiger partial charge in [0.25, 0.3) is 5.91 Å². The zero-order chi connectivity index (χ0) is 20.8. The molecule has 0 saturated heterocycles. The van der Waals surface area contributed by atoms with Crippen molar-refractivity contribution in [3.05, 3.63) is 77.7 Å². The van der Waals surface area contributed by atoms with Crippen LogP contribution in [0.2, 0.25) is 5.02 Å². The van der Waals surface area contributed by atoms with E-state index in [-0.39, 0.29) is 12.5 Å². The lowest BCUT2D eigenvalue weighted by Gasteiger charge is -2.23. The third kappa shape index (κ3) is 5.45. The van der Waals surface area contributed by atoms with Crippen molar-refractivity contribution < 1.29 is 14.1 Å². The van der Waals surface area contributed by atoms with E-state index >= 15 is 0 Å². The first kappa shape index (κ1) is 20.6. The maximum atomic E-state index is 12.9. The fraction of sp³-hybridized carbons (Fsp3) is 0.227. The molecule has 0 aliphatic rings. The summed E-state index contributed by atoms with van der Waals surface area (Å²) in [5.41, 5.74) is 2.00. The first-order valence-corrected chi connectivity index (χ1v) is 9.55. The molecule has 0 aliphatic carbocycles. The molecule has 3 rings (SSSR count). The zero-order valence-corrected chi connectivity index (χ0v) is 17.1. The van der Waals surface area contributed by atoms with Crippen LogP contribution in [0.25, 0.3) is 11.4 Å². The number of ether oxygens (including phenoxy) is 1. The topological polar surface area (TPSA) is 68.5 Å². The monoisotopic (exact) mass is 411 g/mol. The van der Waals surface area contributed by atoms with E-state index in [1.54, 1.807) is 42.2 Å². The number of rotatable bonds is 8. The molecule has 1 amide bonds. The number of hydrogen-bond donors (Lipinski definition) is 0. The SMILES string of the molecule is C=CCN(Cc1nc(-c2ccc(C)cc2)no1)C(=O)[C@@H](C)Oc1cccc(Cl)c1. The fourth-order valence-corrected chi connectivity index (χ4v) is 2.92. The molecule has 6 nitrogen and oxygen atoms in total. The highest BCUT2D eigenvalue weighted by Gasteiger charge is 2.23. The van der Waals surface area contributed by atoms with Crippen LogP contribution in [0.15, 0.2) is 65.7 Å². The van der Waals surface area contributed by atoms with Gasteiger partial charge in [0.2, 0.25) is 11.7 Å². The van der Waals surface area contributed by atoms with Crippen LogP contribution in [-0.2, 0) is 11.3 Å². The number of hydrogen-bond acceptors (Lipinski definition) is 5. The Kier molecular flexibility index (Phi) is 6.67. The minimum absolute atomic E-state index is 0.160. The lowest BCUT2D eigenvalue weighted by Crippen LogP contribution is -2.40. The molecule has 0 N–H and O–H groups in total. The van der Waals surface area contributed by atoms with Crippen molar-refractivity contribution in [3.63, 3.8) is 0 Å². The van der Waals surface area contributed by atoms with Crippen LogP contribution in [0.1, 0.15) is 18.4 Å². The van der Waals surface area contributed by atoms with Crippen LogP contribution in [0.4, 0.5) is 0 Å². The number of aromatic nitrogens is 2. The Bertz CT molecular complexity index is 985. The standard InChI is InChI=1S/C22H22ClN3O3/c1-4-12-26(22(27)16(3)28-19-7-5-6-18(23)13-19)14-20-24-21(25-29-20)17-10-8-15(2)9-11-17/h4-11,13,16H,1,12,14H2,2-3H3/t16-/m1/s1. The Hall–Kier alpha value is -3.12. The summed E-state index contributed by atoms with van der Waals surface area (Å²) in [6.45, 7) is 7.90. The molecular formula is C22H22ClN3O3. The highest BCUT2D eigenvalue weighted by Crippen LogP contribution is 2.20. The van der Waals surface area contributed by atoms with Crippen LogP contribution in [-0.4, -0.2) is 33.6 Å². The lowest BCUT2D eigenvalue weighted by atomic mass is 10.1. The Morgan fingerprint density at radius 2 is 2.07 bits per heavy atom. The van der Waals surface area contributed by atoms with Gasteiger partial charge in [0.05, 0.1) is 0 Å². The van der Waals surface area contributed by atoms with Gasteiger partial charge in [-0.05, 0) is 32.0 Å². The first-order chi connectivity index (χ1) is 14.0. The van der Waals surface area contributed by atoms with Crippen molar-refractivity contribution in [1.29, 1.82) is 0 Å². The second kappa shape index (κ2) is 9.39. The number of amides is 1. The van der Waals surface area contributed by atoms with E-state index in [4.69, 9.17) is 20.9 Å². The van der Waals surface area contributed by atoms with Crippen molar-refractivity contribution in [2.75, 3.05) is 6.54 Å². The van der Waals surface area contributed by atoms with Gasteiger partial charge in [-0.15, -0.1) is 6.58 Å². The molecule has 0 saturated carbocycles. The van der Waals surface area contributed by atoms with Crippen LogP contribution in [0.3, 0.4) is 0 Å². The second-order valence-electron chi connectivity index (χ2n) is 6.60. The number of carbonyl (C=O) groups is 1. The molecule has 0 aliphatic heterocycles. The largest absolute Gasteiger partial charge is 0.481 e. The summed E-state index contributed by atoms with van der Waals surface area (Å²) >= 11 is 5.97. The molecule has 1 atom stereocenters. The molecule has 0 spiro atoms. The first-order valence-electron chi connectivity index (χ1n) is 9.18. The van der Waals surface area contributed by atoms with Gasteiger partial charge in [-0.1, -0.05) is 58.7 Å². The van der Waals surface area contributed by atoms with E-state index in [0.717, 1.165) is 11.1 Å². The smallest absolute Gasteiger partial charge is 0.264 e. The summed E-state index contributed by atoms with van der Waals surface area (Å²) in [5.74, 6) is 1.12. The second-order valence-corrected chi connectivity index (χ2v) is 7.04. The minimum Gasteiger partial charge on any atom is -0.481 e. The van der Waals surface area contributed by atoms with Crippen molar-refractivity contribution in [2.24, 2.45) is 0 Å². The average molecular weight is 412 g/mol. The summed E-state index contributed by atoms with van der Waals surface area (Å²) in [5, 5.41) is 4.56. The van der Waals surface area contributed by atoms with Crippen molar-refractivity contribution >= 4 is 17.5 Å². The normalized spacial score (nSPS) is 11.7. The number of benzene rings is 2. The van der Waals surface area contributed by atoms with E-state index in [2.05, 4.69) is 16.7 Å². The van der Waals surface area contributed by atoms with Gasteiger partial charge >= 0.3 is 0 Å². The Labute approximate surface area is 174 Å². The summed E-state index contributed by atoms with van der Waals surface area (Å²) in [4.78, 5) is 18.8. The van der Waals surface area contributed by atoms with Gasteiger partial charge in [0.15, 0.2) is 6.10 Å².